The van der Waals surface area contributed by atoms with Gasteiger partial charge in [0, 0.05) is 37.2 Å². The zero-order valence-electron chi connectivity index (χ0n) is 15.2. The molecule has 0 saturated carbocycles. The van der Waals surface area contributed by atoms with Gasteiger partial charge in [0.15, 0.2) is 5.78 Å². The van der Waals surface area contributed by atoms with Crippen LogP contribution in [0.25, 0.3) is 0 Å². The highest BCUT2D eigenvalue weighted by Crippen LogP contribution is 2.15. The molecule has 2 aromatic carbocycles. The van der Waals surface area contributed by atoms with Gasteiger partial charge >= 0.3 is 0 Å². The number of aromatic nitrogens is 2. The van der Waals surface area contributed by atoms with Crippen LogP contribution in [0.2, 0.25) is 0 Å². The number of amides is 1. The summed E-state index contributed by atoms with van der Waals surface area (Å²) in [6, 6.07) is 16.9. The third-order valence-electron chi connectivity index (χ3n) is 4.03. The highest BCUT2D eigenvalue weighted by atomic mass is 16.2. The number of anilines is 2. The number of nitrogens with zero attached hydrogens (tertiary/aromatic N) is 3. The summed E-state index contributed by atoms with van der Waals surface area (Å²) in [6.07, 6.45) is 2.99. The van der Waals surface area contributed by atoms with Crippen molar-refractivity contribution in [3.05, 3.63) is 83.7 Å². The minimum absolute atomic E-state index is 0.0121. The third-order valence-corrected chi connectivity index (χ3v) is 4.03. The Balaban J connectivity index is 1.67. The average Bonchev–Trinajstić information content (AvgIpc) is 2.69. The second kappa shape index (κ2) is 8.23. The topological polar surface area (TPSA) is 75.2 Å². The van der Waals surface area contributed by atoms with E-state index in [2.05, 4.69) is 15.3 Å². The molecule has 0 aliphatic heterocycles. The predicted octanol–water partition coefficient (Wildman–Crippen LogP) is 3.70. The molecule has 1 N–H and O–H groups in total. The van der Waals surface area contributed by atoms with Crippen LogP contribution in [0, 0.1) is 0 Å². The van der Waals surface area contributed by atoms with Gasteiger partial charge in [-0.05, 0) is 24.6 Å². The summed E-state index contributed by atoms with van der Waals surface area (Å²) < 4.78 is 0. The van der Waals surface area contributed by atoms with E-state index < -0.39 is 0 Å². The van der Waals surface area contributed by atoms with Gasteiger partial charge in [0.05, 0.1) is 5.56 Å². The fraction of sp³-hybridized carbons (Fsp3) is 0.143. The number of ketones is 1. The number of carbonyl (C=O) groups is 2. The Hall–Kier alpha value is -3.54. The first-order chi connectivity index (χ1) is 13.0. The summed E-state index contributed by atoms with van der Waals surface area (Å²) in [4.78, 5) is 34.0. The summed E-state index contributed by atoms with van der Waals surface area (Å²) in [7, 11) is 1.74. The number of benzene rings is 2. The molecule has 27 heavy (non-hydrogen) atoms. The first-order valence-corrected chi connectivity index (χ1v) is 8.52. The van der Waals surface area contributed by atoms with E-state index >= 15 is 0 Å². The number of Topliss-reactive ketones (excluding diaryl/α,β-unsaturated/α-hetero) is 1. The molecule has 3 rings (SSSR count). The van der Waals surface area contributed by atoms with E-state index in [0.717, 1.165) is 5.56 Å². The number of hydrogen-bond donors (Lipinski definition) is 1. The van der Waals surface area contributed by atoms with Crippen LogP contribution in [0.1, 0.15) is 33.2 Å². The van der Waals surface area contributed by atoms with Crippen LogP contribution in [-0.2, 0) is 6.54 Å². The minimum atomic E-state index is -0.149. The Kier molecular flexibility index (Phi) is 5.56. The smallest absolute Gasteiger partial charge is 0.257 e. The molecule has 0 aliphatic rings. The van der Waals surface area contributed by atoms with E-state index in [9.17, 15) is 9.59 Å². The molecule has 1 aromatic heterocycles. The van der Waals surface area contributed by atoms with Gasteiger partial charge in [0.1, 0.15) is 0 Å². The van der Waals surface area contributed by atoms with Crippen molar-refractivity contribution in [1.29, 1.82) is 0 Å². The van der Waals surface area contributed by atoms with Crippen LogP contribution in [-0.4, -0.2) is 33.6 Å². The van der Waals surface area contributed by atoms with Crippen molar-refractivity contribution in [1.82, 2.24) is 14.9 Å². The molecule has 1 amide bonds. The van der Waals surface area contributed by atoms with E-state index in [1.165, 1.54) is 19.3 Å². The van der Waals surface area contributed by atoms with E-state index in [0.29, 0.717) is 29.3 Å². The van der Waals surface area contributed by atoms with Crippen molar-refractivity contribution in [3.63, 3.8) is 0 Å². The fourth-order valence-electron chi connectivity index (χ4n) is 2.60. The number of carbonyl (C=O) groups excluding carboxylic acids is 2. The molecular formula is C21H20N4O2. The van der Waals surface area contributed by atoms with Crippen LogP contribution in [0.3, 0.4) is 0 Å². The fourth-order valence-corrected chi connectivity index (χ4v) is 2.60. The Morgan fingerprint density at radius 2 is 1.67 bits per heavy atom. The summed E-state index contributed by atoms with van der Waals surface area (Å²) >= 11 is 0. The number of nitrogens with one attached hydrogen (secondary N) is 1. The molecule has 6 nitrogen and oxygen atoms in total. The van der Waals surface area contributed by atoms with Crippen molar-refractivity contribution in [2.24, 2.45) is 0 Å². The molecule has 3 aromatic rings. The van der Waals surface area contributed by atoms with Crippen molar-refractivity contribution in [2.45, 2.75) is 13.5 Å². The first kappa shape index (κ1) is 18.3. The Morgan fingerprint density at radius 1 is 0.963 bits per heavy atom. The van der Waals surface area contributed by atoms with E-state index in [1.54, 1.807) is 30.1 Å². The lowest BCUT2D eigenvalue weighted by atomic mass is 10.1. The highest BCUT2D eigenvalue weighted by molar-refractivity contribution is 5.95. The van der Waals surface area contributed by atoms with Crippen molar-refractivity contribution >= 4 is 23.3 Å². The number of hydrogen-bond acceptors (Lipinski definition) is 5. The third kappa shape index (κ3) is 4.76. The van der Waals surface area contributed by atoms with E-state index in [1.807, 2.05) is 36.4 Å². The van der Waals surface area contributed by atoms with Gasteiger partial charge < -0.3 is 10.2 Å². The summed E-state index contributed by atoms with van der Waals surface area (Å²) in [6.45, 7) is 2.03. The second-order valence-corrected chi connectivity index (χ2v) is 6.20. The lowest BCUT2D eigenvalue weighted by Gasteiger charge is -2.17. The standard InChI is InChI=1S/C21H20N4O2/c1-15(26)17-9-6-10-19(11-17)24-21-22-12-18(13-23-21)20(27)25(2)14-16-7-4-3-5-8-16/h3-13H,14H2,1-2H3,(H,22,23,24). The quantitative estimate of drug-likeness (QED) is 0.679. The molecule has 0 spiro atoms. The molecule has 0 fully saturated rings. The Labute approximate surface area is 157 Å². The molecule has 0 aliphatic carbocycles. The van der Waals surface area contributed by atoms with Gasteiger partial charge in [0.25, 0.3) is 5.91 Å². The summed E-state index contributed by atoms with van der Waals surface area (Å²) in [5.74, 6) is 0.198. The molecule has 0 saturated heterocycles. The van der Waals surface area contributed by atoms with Crippen LogP contribution >= 0.6 is 0 Å². The zero-order valence-corrected chi connectivity index (χ0v) is 15.2. The Morgan fingerprint density at radius 3 is 2.33 bits per heavy atom. The lowest BCUT2D eigenvalue weighted by Crippen LogP contribution is -2.26. The maximum atomic E-state index is 12.5. The molecule has 1 heterocycles. The number of rotatable bonds is 6. The Bertz CT molecular complexity index is 940. The largest absolute Gasteiger partial charge is 0.337 e. The van der Waals surface area contributed by atoms with Gasteiger partial charge in [0.2, 0.25) is 5.95 Å². The van der Waals surface area contributed by atoms with Crippen LogP contribution < -0.4 is 5.32 Å². The van der Waals surface area contributed by atoms with E-state index in [4.69, 9.17) is 0 Å². The average molecular weight is 360 g/mol. The molecule has 6 heteroatoms. The minimum Gasteiger partial charge on any atom is -0.337 e. The molecule has 0 bridgehead atoms. The molecular weight excluding hydrogens is 340 g/mol. The monoisotopic (exact) mass is 360 g/mol. The van der Waals surface area contributed by atoms with Crippen molar-refractivity contribution < 1.29 is 9.59 Å². The maximum absolute atomic E-state index is 12.5. The van der Waals surface area contributed by atoms with Gasteiger partial charge in [-0.1, -0.05) is 42.5 Å². The predicted molar refractivity (Wildman–Crippen MR) is 104 cm³/mol. The summed E-state index contributed by atoms with van der Waals surface area (Å²) in [5.41, 5.74) is 2.78. The van der Waals surface area contributed by atoms with Crippen molar-refractivity contribution in [2.75, 3.05) is 12.4 Å². The first-order valence-electron chi connectivity index (χ1n) is 8.52. The maximum Gasteiger partial charge on any atom is 0.257 e. The van der Waals surface area contributed by atoms with Crippen LogP contribution in [0.4, 0.5) is 11.6 Å². The molecule has 136 valence electrons. The van der Waals surface area contributed by atoms with Gasteiger partial charge in [-0.3, -0.25) is 9.59 Å². The highest BCUT2D eigenvalue weighted by Gasteiger charge is 2.13. The summed E-state index contributed by atoms with van der Waals surface area (Å²) in [5, 5.41) is 3.04. The molecule has 0 radical (unpaired) electrons. The zero-order chi connectivity index (χ0) is 19.2. The normalized spacial score (nSPS) is 10.3. The van der Waals surface area contributed by atoms with Gasteiger partial charge in [-0.25, -0.2) is 9.97 Å². The second-order valence-electron chi connectivity index (χ2n) is 6.20. The van der Waals surface area contributed by atoms with Crippen LogP contribution in [0.5, 0.6) is 0 Å². The SMILES string of the molecule is CC(=O)c1cccc(Nc2ncc(C(=O)N(C)Cc3ccccc3)cn2)c1. The van der Waals surface area contributed by atoms with Gasteiger partial charge in [-0.2, -0.15) is 0 Å². The molecule has 0 unspecified atom stereocenters. The van der Waals surface area contributed by atoms with E-state index in [-0.39, 0.29) is 11.7 Å². The van der Waals surface area contributed by atoms with Gasteiger partial charge in [-0.15, -0.1) is 0 Å². The lowest BCUT2D eigenvalue weighted by molar-refractivity contribution is 0.0784. The van der Waals surface area contributed by atoms with Crippen LogP contribution in [0.15, 0.2) is 67.0 Å². The van der Waals surface area contributed by atoms with Crippen molar-refractivity contribution in [3.8, 4) is 0 Å². The molecule has 0 atom stereocenters.